The quantitative estimate of drug-likeness (QED) is 0.429. The Hall–Kier alpha value is -2.48. The normalized spacial score (nSPS) is 15.3. The molecule has 0 spiro atoms. The number of fused-ring (bicyclic) bond motifs is 1. The van der Waals surface area contributed by atoms with Crippen molar-refractivity contribution in [3.8, 4) is 11.5 Å². The fourth-order valence-electron chi connectivity index (χ4n) is 4.13. The van der Waals surface area contributed by atoms with E-state index in [1.54, 1.807) is 14.2 Å². The third kappa shape index (κ3) is 4.64. The van der Waals surface area contributed by atoms with E-state index in [2.05, 4.69) is 14.5 Å². The summed E-state index contributed by atoms with van der Waals surface area (Å²) in [5.74, 6) is 2.80. The standard InChI is InChI=1S/C22H29N5O2S/c1-28-16-9-10-17(29-2)18(13-16)30-22-25-19-20(23)24-14-27(21(19)26-22)12-11-15-7-5-3-4-6-8-15/h9-10,13-15H,3-8,11-12H2,1-2H3,(H2,23,25,26)/p+1. The maximum Gasteiger partial charge on any atom is 0.294 e. The fourth-order valence-corrected chi connectivity index (χ4v) is 5.06. The third-order valence-corrected chi connectivity index (χ3v) is 6.78. The van der Waals surface area contributed by atoms with Gasteiger partial charge < -0.3 is 20.2 Å². The van der Waals surface area contributed by atoms with Crippen LogP contribution in [-0.2, 0) is 6.54 Å². The van der Waals surface area contributed by atoms with Gasteiger partial charge in [-0.05, 0) is 42.3 Å². The van der Waals surface area contributed by atoms with Gasteiger partial charge in [0.1, 0.15) is 11.5 Å². The number of aryl methyl sites for hydroxylation is 1. The van der Waals surface area contributed by atoms with E-state index in [-0.39, 0.29) is 0 Å². The van der Waals surface area contributed by atoms with Gasteiger partial charge in [0.05, 0.1) is 25.7 Å². The van der Waals surface area contributed by atoms with Gasteiger partial charge in [-0.3, -0.25) is 0 Å². The topological polar surface area (TPSA) is 89.9 Å². The van der Waals surface area contributed by atoms with Crippen LogP contribution in [-0.4, -0.2) is 29.2 Å². The Bertz CT molecular complexity index is 999. The molecule has 8 heteroatoms. The Morgan fingerprint density at radius 1 is 1.17 bits per heavy atom. The number of benzene rings is 1. The summed E-state index contributed by atoms with van der Waals surface area (Å²) in [6.07, 6.45) is 11.1. The van der Waals surface area contributed by atoms with Crippen molar-refractivity contribution in [3.63, 3.8) is 0 Å². The van der Waals surface area contributed by atoms with E-state index < -0.39 is 0 Å². The van der Waals surface area contributed by atoms with Gasteiger partial charge in [-0.1, -0.05) is 48.5 Å². The number of aromatic amines is 1. The number of nitrogens with two attached hydrogens (primary N) is 1. The molecule has 0 aliphatic heterocycles. The summed E-state index contributed by atoms with van der Waals surface area (Å²) in [6, 6.07) is 5.72. The molecule has 7 nitrogen and oxygen atoms in total. The summed E-state index contributed by atoms with van der Waals surface area (Å²) in [7, 11) is 3.31. The number of imidazole rings is 1. The first-order valence-electron chi connectivity index (χ1n) is 10.6. The van der Waals surface area contributed by atoms with Crippen molar-refractivity contribution < 1.29 is 14.0 Å². The summed E-state index contributed by atoms with van der Waals surface area (Å²) in [4.78, 5) is 13.5. The SMILES string of the molecule is COc1ccc(OC)c(Sc2nc3c([nH]2)c(N)nc[n+]3CCC2CCCCCC2)c1. The summed E-state index contributed by atoms with van der Waals surface area (Å²) in [5, 5.41) is 0.750. The minimum Gasteiger partial charge on any atom is -0.497 e. The number of nitrogens with zero attached hydrogens (tertiary/aromatic N) is 3. The molecule has 0 saturated heterocycles. The number of hydrogen-bond donors (Lipinski definition) is 2. The number of methoxy groups -OCH3 is 2. The van der Waals surface area contributed by atoms with Crippen LogP contribution in [0.4, 0.5) is 5.82 Å². The minimum absolute atomic E-state index is 0.465. The molecule has 3 N–H and O–H groups in total. The van der Waals surface area contributed by atoms with Crippen LogP contribution in [0.25, 0.3) is 11.2 Å². The van der Waals surface area contributed by atoms with Gasteiger partial charge in [-0.2, -0.15) is 0 Å². The molecule has 0 amide bonds. The maximum atomic E-state index is 6.14. The number of rotatable bonds is 7. The second-order valence-electron chi connectivity index (χ2n) is 7.83. The molecule has 1 aromatic carbocycles. The lowest BCUT2D eigenvalue weighted by molar-refractivity contribution is -0.677. The minimum atomic E-state index is 0.465. The number of anilines is 1. The largest absolute Gasteiger partial charge is 0.497 e. The molecule has 4 rings (SSSR count). The van der Waals surface area contributed by atoms with Crippen molar-refractivity contribution in [1.29, 1.82) is 0 Å². The molecular weight excluding hydrogens is 398 g/mol. The Morgan fingerprint density at radius 2 is 1.97 bits per heavy atom. The average molecular weight is 429 g/mol. The Kier molecular flexibility index (Phi) is 6.62. The maximum absolute atomic E-state index is 6.14. The molecule has 3 aromatic rings. The molecule has 2 aromatic heterocycles. The molecule has 30 heavy (non-hydrogen) atoms. The van der Waals surface area contributed by atoms with E-state index in [0.717, 1.165) is 51.6 Å². The van der Waals surface area contributed by atoms with Gasteiger partial charge in [0.15, 0.2) is 5.52 Å². The number of nitrogens with one attached hydrogen (secondary N) is 1. The highest BCUT2D eigenvalue weighted by atomic mass is 32.2. The van der Waals surface area contributed by atoms with Crippen LogP contribution >= 0.6 is 11.8 Å². The van der Waals surface area contributed by atoms with Gasteiger partial charge >= 0.3 is 0 Å². The third-order valence-electron chi connectivity index (χ3n) is 5.86. The lowest BCUT2D eigenvalue weighted by Crippen LogP contribution is -2.36. The smallest absolute Gasteiger partial charge is 0.294 e. The first-order chi connectivity index (χ1) is 14.7. The first kappa shape index (κ1) is 20.8. The predicted octanol–water partition coefficient (Wildman–Crippen LogP) is 4.36. The van der Waals surface area contributed by atoms with E-state index in [9.17, 15) is 0 Å². The Labute approximate surface area is 181 Å². The monoisotopic (exact) mass is 428 g/mol. The van der Waals surface area contributed by atoms with Crippen molar-refractivity contribution in [1.82, 2.24) is 15.0 Å². The molecule has 1 aliphatic rings. The van der Waals surface area contributed by atoms with Gasteiger partial charge in [0, 0.05) is 0 Å². The van der Waals surface area contributed by atoms with E-state index in [1.165, 1.54) is 50.3 Å². The molecule has 160 valence electrons. The zero-order valence-electron chi connectivity index (χ0n) is 17.7. The van der Waals surface area contributed by atoms with Gasteiger partial charge in [-0.25, -0.2) is 4.57 Å². The molecule has 1 aliphatic carbocycles. The summed E-state index contributed by atoms with van der Waals surface area (Å²) in [6.45, 7) is 0.909. The second kappa shape index (κ2) is 9.55. The molecule has 0 radical (unpaired) electrons. The van der Waals surface area contributed by atoms with Crippen LogP contribution in [0.1, 0.15) is 44.9 Å². The zero-order valence-corrected chi connectivity index (χ0v) is 18.5. The highest BCUT2D eigenvalue weighted by Gasteiger charge is 2.21. The van der Waals surface area contributed by atoms with E-state index in [1.807, 2.05) is 24.5 Å². The number of hydrogen-bond acceptors (Lipinski definition) is 6. The van der Waals surface area contributed by atoms with Crippen LogP contribution in [0, 0.1) is 5.92 Å². The first-order valence-corrected chi connectivity index (χ1v) is 11.4. The summed E-state index contributed by atoms with van der Waals surface area (Å²) >= 11 is 1.49. The number of aromatic nitrogens is 4. The van der Waals surface area contributed by atoms with Crippen molar-refractivity contribution in [2.45, 2.75) is 61.5 Å². The van der Waals surface area contributed by atoms with Gasteiger partial charge in [0.2, 0.25) is 17.3 Å². The number of nitrogen functional groups attached to an aromatic ring is 1. The molecule has 1 saturated carbocycles. The van der Waals surface area contributed by atoms with E-state index in [4.69, 9.17) is 20.2 Å². The second-order valence-corrected chi connectivity index (χ2v) is 8.86. The van der Waals surface area contributed by atoms with Gasteiger partial charge in [0.25, 0.3) is 5.65 Å². The Balaban J connectivity index is 1.57. The van der Waals surface area contributed by atoms with Crippen LogP contribution in [0.2, 0.25) is 0 Å². The van der Waals surface area contributed by atoms with Gasteiger partial charge in [-0.15, -0.1) is 0 Å². The van der Waals surface area contributed by atoms with Crippen molar-refractivity contribution in [3.05, 3.63) is 24.5 Å². The lowest BCUT2D eigenvalue weighted by Gasteiger charge is -2.12. The molecular formula is C22H30N5O2S+. The average Bonchev–Trinajstić information content (AvgIpc) is 3.01. The molecule has 0 bridgehead atoms. The molecule has 2 heterocycles. The van der Waals surface area contributed by atoms with Crippen molar-refractivity contribution >= 4 is 28.7 Å². The van der Waals surface area contributed by atoms with Crippen LogP contribution < -0.4 is 19.8 Å². The molecule has 0 unspecified atom stereocenters. The summed E-state index contributed by atoms with van der Waals surface area (Å²) in [5.41, 5.74) is 7.77. The number of H-pyrrole nitrogens is 1. The zero-order chi connectivity index (χ0) is 20.9. The van der Waals surface area contributed by atoms with Crippen molar-refractivity contribution in [2.24, 2.45) is 5.92 Å². The predicted molar refractivity (Wildman–Crippen MR) is 118 cm³/mol. The molecule has 1 fully saturated rings. The highest BCUT2D eigenvalue weighted by molar-refractivity contribution is 7.99. The van der Waals surface area contributed by atoms with Crippen LogP contribution in [0.5, 0.6) is 11.5 Å². The van der Waals surface area contributed by atoms with Crippen molar-refractivity contribution in [2.75, 3.05) is 20.0 Å². The molecule has 0 atom stereocenters. The lowest BCUT2D eigenvalue weighted by atomic mass is 9.97. The van der Waals surface area contributed by atoms with E-state index in [0.29, 0.717) is 5.82 Å². The fraction of sp³-hybridized carbons (Fsp3) is 0.500. The van der Waals surface area contributed by atoms with Crippen LogP contribution in [0.15, 0.2) is 34.6 Å². The Morgan fingerprint density at radius 3 is 2.70 bits per heavy atom. The van der Waals surface area contributed by atoms with E-state index >= 15 is 0 Å². The van der Waals surface area contributed by atoms with Crippen LogP contribution in [0.3, 0.4) is 0 Å². The summed E-state index contributed by atoms with van der Waals surface area (Å²) < 4.78 is 13.0. The highest BCUT2D eigenvalue weighted by Crippen LogP contribution is 2.37. The number of ether oxygens (including phenoxy) is 2.